The Labute approximate surface area is 107 Å². The second kappa shape index (κ2) is 7.38. The zero-order chi connectivity index (χ0) is 11.9. The van der Waals surface area contributed by atoms with Gasteiger partial charge in [-0.05, 0) is 32.7 Å². The van der Waals surface area contributed by atoms with E-state index in [9.17, 15) is 0 Å². The van der Waals surface area contributed by atoms with E-state index in [1.54, 1.807) is 0 Å². The van der Waals surface area contributed by atoms with E-state index in [2.05, 4.69) is 17.3 Å². The maximum atomic E-state index is 3.33. The fourth-order valence-electron chi connectivity index (χ4n) is 3.73. The summed E-state index contributed by atoms with van der Waals surface area (Å²) >= 11 is 0. The maximum Gasteiger partial charge on any atom is 0.0113 e. The van der Waals surface area contributed by atoms with Crippen LogP contribution in [0.1, 0.15) is 64.2 Å². The van der Waals surface area contributed by atoms with Gasteiger partial charge in [-0.25, -0.2) is 0 Å². The van der Waals surface area contributed by atoms with Gasteiger partial charge in [-0.3, -0.25) is 4.90 Å². The minimum atomic E-state index is 0.903. The van der Waals surface area contributed by atoms with Gasteiger partial charge in [-0.1, -0.05) is 38.5 Å². The van der Waals surface area contributed by atoms with Gasteiger partial charge in [0.2, 0.25) is 0 Å². The molecule has 0 saturated heterocycles. The molecule has 0 spiro atoms. The van der Waals surface area contributed by atoms with Crippen LogP contribution in [0, 0.1) is 0 Å². The van der Waals surface area contributed by atoms with Crippen molar-refractivity contribution in [3.63, 3.8) is 0 Å². The first kappa shape index (κ1) is 13.4. The van der Waals surface area contributed by atoms with Crippen LogP contribution in [0.5, 0.6) is 0 Å². The highest BCUT2D eigenvalue weighted by atomic mass is 15.2. The lowest BCUT2D eigenvalue weighted by Gasteiger charge is -2.41. The molecule has 2 fully saturated rings. The van der Waals surface area contributed by atoms with Crippen LogP contribution in [-0.2, 0) is 0 Å². The van der Waals surface area contributed by atoms with Crippen molar-refractivity contribution in [2.24, 2.45) is 0 Å². The zero-order valence-corrected chi connectivity index (χ0v) is 11.6. The molecular formula is C15H30N2. The van der Waals surface area contributed by atoms with Crippen molar-refractivity contribution in [3.05, 3.63) is 0 Å². The third-order valence-corrected chi connectivity index (χ3v) is 4.71. The number of hydrogen-bond donors (Lipinski definition) is 1. The van der Waals surface area contributed by atoms with Gasteiger partial charge in [0.25, 0.3) is 0 Å². The highest BCUT2D eigenvalue weighted by molar-refractivity contribution is 4.84. The molecule has 0 aromatic rings. The van der Waals surface area contributed by atoms with Crippen LogP contribution in [0.3, 0.4) is 0 Å². The summed E-state index contributed by atoms with van der Waals surface area (Å²) < 4.78 is 0. The zero-order valence-electron chi connectivity index (χ0n) is 11.6. The minimum Gasteiger partial charge on any atom is -0.318 e. The number of likely N-dealkylation sites (N-methyl/N-ethyl adjacent to an activating group) is 1. The SMILES string of the molecule is CNCCN(C1CCCCC1)C1CCCCC1. The monoisotopic (exact) mass is 238 g/mol. The summed E-state index contributed by atoms with van der Waals surface area (Å²) in [4.78, 5) is 2.87. The van der Waals surface area contributed by atoms with Crippen molar-refractivity contribution in [1.82, 2.24) is 10.2 Å². The van der Waals surface area contributed by atoms with E-state index in [4.69, 9.17) is 0 Å². The molecule has 1 N–H and O–H groups in total. The smallest absolute Gasteiger partial charge is 0.0113 e. The Bertz CT molecular complexity index is 175. The van der Waals surface area contributed by atoms with E-state index >= 15 is 0 Å². The quantitative estimate of drug-likeness (QED) is 0.791. The standard InChI is InChI=1S/C15H30N2/c1-16-12-13-17(14-8-4-2-5-9-14)15-10-6-3-7-11-15/h14-16H,2-13H2,1H3. The molecule has 2 saturated carbocycles. The van der Waals surface area contributed by atoms with E-state index in [1.807, 2.05) is 0 Å². The predicted molar refractivity (Wildman–Crippen MR) is 74.4 cm³/mol. The van der Waals surface area contributed by atoms with Crippen LogP contribution in [0.4, 0.5) is 0 Å². The summed E-state index contributed by atoms with van der Waals surface area (Å²) in [6.07, 6.45) is 14.6. The first-order valence-corrected chi connectivity index (χ1v) is 7.82. The summed E-state index contributed by atoms with van der Waals surface area (Å²) in [7, 11) is 2.08. The second-order valence-corrected chi connectivity index (χ2v) is 5.93. The lowest BCUT2D eigenvalue weighted by molar-refractivity contribution is 0.0824. The van der Waals surface area contributed by atoms with E-state index in [0.717, 1.165) is 18.6 Å². The average molecular weight is 238 g/mol. The molecule has 2 rings (SSSR count). The Morgan fingerprint density at radius 1 is 0.824 bits per heavy atom. The summed E-state index contributed by atoms with van der Waals surface area (Å²) in [5.74, 6) is 0. The molecule has 0 aliphatic heterocycles. The van der Waals surface area contributed by atoms with E-state index in [1.165, 1.54) is 70.8 Å². The Balaban J connectivity index is 1.90. The topological polar surface area (TPSA) is 15.3 Å². The fraction of sp³-hybridized carbons (Fsp3) is 1.00. The first-order chi connectivity index (χ1) is 8.42. The number of rotatable bonds is 5. The molecule has 2 aliphatic carbocycles. The van der Waals surface area contributed by atoms with Crippen molar-refractivity contribution in [2.75, 3.05) is 20.1 Å². The molecule has 0 aromatic heterocycles. The van der Waals surface area contributed by atoms with Gasteiger partial charge < -0.3 is 5.32 Å². The number of hydrogen-bond acceptors (Lipinski definition) is 2. The van der Waals surface area contributed by atoms with Gasteiger partial charge >= 0.3 is 0 Å². The Kier molecular flexibility index (Phi) is 5.79. The summed E-state index contributed by atoms with van der Waals surface area (Å²) in [5.41, 5.74) is 0. The second-order valence-electron chi connectivity index (χ2n) is 5.93. The first-order valence-electron chi connectivity index (χ1n) is 7.82. The van der Waals surface area contributed by atoms with Crippen molar-refractivity contribution < 1.29 is 0 Å². The normalized spacial score (nSPS) is 24.4. The summed E-state index contributed by atoms with van der Waals surface area (Å²) in [5, 5.41) is 3.33. The largest absolute Gasteiger partial charge is 0.318 e. The molecular weight excluding hydrogens is 208 g/mol. The lowest BCUT2D eigenvalue weighted by Crippen LogP contribution is -2.47. The molecule has 0 radical (unpaired) electrons. The van der Waals surface area contributed by atoms with Crippen LogP contribution in [0.2, 0.25) is 0 Å². The van der Waals surface area contributed by atoms with Gasteiger partial charge in [0.1, 0.15) is 0 Å². The van der Waals surface area contributed by atoms with Crippen LogP contribution in [-0.4, -0.2) is 37.1 Å². The van der Waals surface area contributed by atoms with E-state index in [0.29, 0.717) is 0 Å². The van der Waals surface area contributed by atoms with Crippen LogP contribution >= 0.6 is 0 Å². The molecule has 2 aliphatic rings. The number of nitrogens with one attached hydrogen (secondary N) is 1. The minimum absolute atomic E-state index is 0.903. The summed E-state index contributed by atoms with van der Waals surface area (Å²) in [6.45, 7) is 2.43. The van der Waals surface area contributed by atoms with Gasteiger partial charge in [-0.15, -0.1) is 0 Å². The molecule has 2 nitrogen and oxygen atoms in total. The van der Waals surface area contributed by atoms with Crippen LogP contribution in [0.25, 0.3) is 0 Å². The highest BCUT2D eigenvalue weighted by Crippen LogP contribution is 2.29. The Morgan fingerprint density at radius 3 is 1.71 bits per heavy atom. The molecule has 2 heteroatoms. The average Bonchev–Trinajstić information content (AvgIpc) is 2.42. The Hall–Kier alpha value is -0.0800. The molecule has 0 unspecified atom stereocenters. The van der Waals surface area contributed by atoms with Crippen molar-refractivity contribution in [2.45, 2.75) is 76.3 Å². The van der Waals surface area contributed by atoms with Crippen molar-refractivity contribution in [1.29, 1.82) is 0 Å². The van der Waals surface area contributed by atoms with Gasteiger partial charge in [0, 0.05) is 25.2 Å². The van der Waals surface area contributed by atoms with E-state index in [-0.39, 0.29) is 0 Å². The molecule has 0 heterocycles. The van der Waals surface area contributed by atoms with Gasteiger partial charge in [-0.2, -0.15) is 0 Å². The van der Waals surface area contributed by atoms with E-state index < -0.39 is 0 Å². The van der Waals surface area contributed by atoms with Gasteiger partial charge in [0.15, 0.2) is 0 Å². The fourth-order valence-corrected chi connectivity index (χ4v) is 3.73. The predicted octanol–water partition coefficient (Wildman–Crippen LogP) is 3.17. The molecule has 0 amide bonds. The van der Waals surface area contributed by atoms with Gasteiger partial charge in [0.05, 0.1) is 0 Å². The molecule has 100 valence electrons. The number of nitrogens with zero attached hydrogens (tertiary/aromatic N) is 1. The lowest BCUT2D eigenvalue weighted by atomic mass is 9.88. The molecule has 0 atom stereocenters. The maximum absolute atomic E-state index is 3.33. The molecule has 0 aromatic carbocycles. The van der Waals surface area contributed by atoms with Crippen LogP contribution in [0.15, 0.2) is 0 Å². The van der Waals surface area contributed by atoms with Crippen molar-refractivity contribution >= 4 is 0 Å². The van der Waals surface area contributed by atoms with Crippen LogP contribution < -0.4 is 5.32 Å². The van der Waals surface area contributed by atoms with Crippen molar-refractivity contribution in [3.8, 4) is 0 Å². The molecule has 17 heavy (non-hydrogen) atoms. The third kappa shape index (κ3) is 3.96. The highest BCUT2D eigenvalue weighted by Gasteiger charge is 2.27. The summed E-state index contributed by atoms with van der Waals surface area (Å²) in [6, 6.07) is 1.81. The third-order valence-electron chi connectivity index (χ3n) is 4.71. The molecule has 0 bridgehead atoms. The Morgan fingerprint density at radius 2 is 1.29 bits per heavy atom.